The normalized spacial score (nSPS) is 18.5. The lowest BCUT2D eigenvalue weighted by Gasteiger charge is -2.42. The molecule has 3 aromatic carbocycles. The Bertz CT molecular complexity index is 1060. The Morgan fingerprint density at radius 3 is 2.53 bits per heavy atom. The van der Waals surface area contributed by atoms with Gasteiger partial charge in [-0.15, -0.1) is 0 Å². The molecule has 1 saturated heterocycles. The topological polar surface area (TPSA) is 41.6 Å². The van der Waals surface area contributed by atoms with Crippen LogP contribution in [0.2, 0.25) is 0 Å². The van der Waals surface area contributed by atoms with Gasteiger partial charge in [-0.25, -0.2) is 4.39 Å². The van der Waals surface area contributed by atoms with Gasteiger partial charge in [-0.05, 0) is 68.2 Å². The molecule has 1 aliphatic rings. The van der Waals surface area contributed by atoms with Gasteiger partial charge in [-0.1, -0.05) is 48.5 Å². The first kappa shape index (κ1) is 24.1. The van der Waals surface area contributed by atoms with Gasteiger partial charge in [-0.3, -0.25) is 9.69 Å². The lowest BCUT2D eigenvalue weighted by molar-refractivity contribution is 0.0929. The lowest BCUT2D eigenvalue weighted by Crippen LogP contribution is -2.48. The minimum Gasteiger partial charge on any atom is -0.496 e. The molecule has 4 nitrogen and oxygen atoms in total. The van der Waals surface area contributed by atoms with Crippen LogP contribution in [0.4, 0.5) is 4.39 Å². The molecular weight excluding hydrogens is 427 g/mol. The molecule has 34 heavy (non-hydrogen) atoms. The third-order valence-electron chi connectivity index (χ3n) is 6.64. The van der Waals surface area contributed by atoms with Gasteiger partial charge in [0.15, 0.2) is 5.78 Å². The van der Waals surface area contributed by atoms with Crippen LogP contribution in [-0.2, 0) is 6.54 Å². The molecule has 4 rings (SSSR count). The standard InChI is InChI=1S/C29H33FN2O2/c1-34-28-14-6-5-11-24(28)21-31-26-12-7-19-32(29(26)23-9-3-2-4-10-23)20-8-13-27(33)22-15-17-25(30)18-16-22/h2-6,9-11,14-18,26,29,31H,7-8,12-13,19-21H2,1H3/t26-,29-/m0/s1. The number of Topliss-reactive ketones (excluding diaryl/α,β-unsaturated/α-hetero) is 1. The molecule has 0 aliphatic carbocycles. The number of hydrogen-bond acceptors (Lipinski definition) is 4. The minimum absolute atomic E-state index is 0.0686. The number of hydrogen-bond donors (Lipinski definition) is 1. The number of methoxy groups -OCH3 is 1. The first-order valence-corrected chi connectivity index (χ1v) is 12.1. The van der Waals surface area contributed by atoms with Gasteiger partial charge >= 0.3 is 0 Å². The van der Waals surface area contributed by atoms with Crippen molar-refractivity contribution in [2.24, 2.45) is 0 Å². The van der Waals surface area contributed by atoms with Gasteiger partial charge in [-0.2, -0.15) is 0 Å². The summed E-state index contributed by atoms with van der Waals surface area (Å²) in [6, 6.07) is 25.2. The molecule has 0 amide bonds. The summed E-state index contributed by atoms with van der Waals surface area (Å²) in [5.41, 5.74) is 3.03. The summed E-state index contributed by atoms with van der Waals surface area (Å²) < 4.78 is 18.7. The Kier molecular flexibility index (Phi) is 8.45. The highest BCUT2D eigenvalue weighted by molar-refractivity contribution is 5.95. The number of para-hydroxylation sites is 1. The van der Waals surface area contributed by atoms with Crippen LogP contribution in [-0.4, -0.2) is 36.9 Å². The number of halogens is 1. The number of likely N-dealkylation sites (tertiary alicyclic amines) is 1. The van der Waals surface area contributed by atoms with Gasteiger partial charge in [0.2, 0.25) is 0 Å². The third kappa shape index (κ3) is 6.10. The fourth-order valence-electron chi connectivity index (χ4n) is 4.94. The number of nitrogens with zero attached hydrogens (tertiary/aromatic N) is 1. The SMILES string of the molecule is COc1ccccc1CN[C@H]1CCCN(CCCC(=O)c2ccc(F)cc2)[C@H]1c1ccccc1. The van der Waals surface area contributed by atoms with Crippen molar-refractivity contribution in [3.63, 3.8) is 0 Å². The minimum atomic E-state index is -0.317. The molecule has 0 aromatic heterocycles. The van der Waals surface area contributed by atoms with Crippen molar-refractivity contribution in [3.05, 3.63) is 101 Å². The molecule has 178 valence electrons. The summed E-state index contributed by atoms with van der Waals surface area (Å²) in [5, 5.41) is 3.80. The molecule has 0 spiro atoms. The molecule has 5 heteroatoms. The average Bonchev–Trinajstić information content (AvgIpc) is 2.88. The number of benzene rings is 3. The highest BCUT2D eigenvalue weighted by Gasteiger charge is 2.32. The van der Waals surface area contributed by atoms with Crippen LogP contribution in [0, 0.1) is 5.82 Å². The summed E-state index contributed by atoms with van der Waals surface area (Å²) in [5.74, 6) is 0.652. The Balaban J connectivity index is 1.43. The van der Waals surface area contributed by atoms with E-state index < -0.39 is 0 Å². The molecule has 0 bridgehead atoms. The van der Waals surface area contributed by atoms with Crippen molar-refractivity contribution in [2.75, 3.05) is 20.2 Å². The predicted octanol–water partition coefficient (Wildman–Crippen LogP) is 5.79. The molecule has 0 radical (unpaired) electrons. The Labute approximate surface area is 201 Å². The molecule has 1 aliphatic heterocycles. The van der Waals surface area contributed by atoms with Crippen LogP contribution in [0.25, 0.3) is 0 Å². The number of ether oxygens (including phenoxy) is 1. The van der Waals surface area contributed by atoms with Gasteiger partial charge < -0.3 is 10.1 Å². The van der Waals surface area contributed by atoms with Gasteiger partial charge in [0, 0.05) is 30.1 Å². The van der Waals surface area contributed by atoms with Crippen LogP contribution in [0.3, 0.4) is 0 Å². The summed E-state index contributed by atoms with van der Waals surface area (Å²) in [7, 11) is 1.71. The number of carbonyl (C=O) groups is 1. The van der Waals surface area contributed by atoms with Gasteiger partial charge in [0.1, 0.15) is 11.6 Å². The van der Waals surface area contributed by atoms with Crippen molar-refractivity contribution in [1.29, 1.82) is 0 Å². The van der Waals surface area contributed by atoms with E-state index >= 15 is 0 Å². The van der Waals surface area contributed by atoms with E-state index in [4.69, 9.17) is 4.74 Å². The number of ketones is 1. The Morgan fingerprint density at radius 2 is 1.76 bits per heavy atom. The molecule has 1 fully saturated rings. The largest absolute Gasteiger partial charge is 0.496 e. The van der Waals surface area contributed by atoms with Crippen LogP contribution >= 0.6 is 0 Å². The third-order valence-corrected chi connectivity index (χ3v) is 6.64. The number of rotatable bonds is 10. The highest BCUT2D eigenvalue weighted by Crippen LogP contribution is 2.32. The summed E-state index contributed by atoms with van der Waals surface area (Å²) >= 11 is 0. The Morgan fingerprint density at radius 1 is 1.03 bits per heavy atom. The lowest BCUT2D eigenvalue weighted by atomic mass is 9.89. The second-order valence-corrected chi connectivity index (χ2v) is 8.87. The number of carbonyl (C=O) groups excluding carboxylic acids is 1. The van der Waals surface area contributed by atoms with Gasteiger partial charge in [0.25, 0.3) is 0 Å². The van der Waals surface area contributed by atoms with Gasteiger partial charge in [0.05, 0.1) is 13.2 Å². The zero-order chi connectivity index (χ0) is 23.8. The van der Waals surface area contributed by atoms with Crippen LogP contribution in [0.5, 0.6) is 5.75 Å². The first-order chi connectivity index (χ1) is 16.7. The predicted molar refractivity (Wildman–Crippen MR) is 134 cm³/mol. The maximum Gasteiger partial charge on any atom is 0.162 e. The van der Waals surface area contributed by atoms with Crippen molar-refractivity contribution in [3.8, 4) is 5.75 Å². The van der Waals surface area contributed by atoms with E-state index in [2.05, 4.69) is 46.6 Å². The zero-order valence-electron chi connectivity index (χ0n) is 19.8. The second kappa shape index (κ2) is 11.9. The number of piperidine rings is 1. The molecule has 1 N–H and O–H groups in total. The van der Waals surface area contributed by atoms with Crippen molar-refractivity contribution in [1.82, 2.24) is 10.2 Å². The number of nitrogens with one attached hydrogen (secondary N) is 1. The monoisotopic (exact) mass is 460 g/mol. The van der Waals surface area contributed by atoms with E-state index in [0.29, 0.717) is 18.0 Å². The second-order valence-electron chi connectivity index (χ2n) is 8.87. The van der Waals surface area contributed by atoms with E-state index in [-0.39, 0.29) is 17.6 Å². The van der Waals surface area contributed by atoms with Crippen molar-refractivity contribution < 1.29 is 13.9 Å². The fraction of sp³-hybridized carbons (Fsp3) is 0.345. The summed E-state index contributed by atoms with van der Waals surface area (Å²) in [6.07, 6.45) is 3.44. The van der Waals surface area contributed by atoms with E-state index in [1.54, 1.807) is 19.2 Å². The van der Waals surface area contributed by atoms with E-state index in [9.17, 15) is 9.18 Å². The van der Waals surface area contributed by atoms with Crippen LogP contribution in [0.1, 0.15) is 53.2 Å². The quantitative estimate of drug-likeness (QED) is 0.389. The molecule has 1 heterocycles. The highest BCUT2D eigenvalue weighted by atomic mass is 19.1. The average molecular weight is 461 g/mol. The molecule has 0 unspecified atom stereocenters. The van der Waals surface area contributed by atoms with E-state index in [1.807, 2.05) is 18.2 Å². The van der Waals surface area contributed by atoms with Crippen LogP contribution in [0.15, 0.2) is 78.9 Å². The molecule has 3 aromatic rings. The fourth-order valence-corrected chi connectivity index (χ4v) is 4.94. The molecule has 0 saturated carbocycles. The van der Waals surface area contributed by atoms with Crippen molar-refractivity contribution in [2.45, 2.75) is 44.3 Å². The maximum atomic E-state index is 13.2. The first-order valence-electron chi connectivity index (χ1n) is 12.1. The zero-order valence-corrected chi connectivity index (χ0v) is 19.8. The van der Waals surface area contributed by atoms with Crippen LogP contribution < -0.4 is 10.1 Å². The summed E-state index contributed by atoms with van der Waals surface area (Å²) in [6.45, 7) is 2.60. The summed E-state index contributed by atoms with van der Waals surface area (Å²) in [4.78, 5) is 15.1. The van der Waals surface area contributed by atoms with E-state index in [1.165, 1.54) is 17.7 Å². The van der Waals surface area contributed by atoms with E-state index in [0.717, 1.165) is 50.2 Å². The maximum absolute atomic E-state index is 13.2. The molecular formula is C29H33FN2O2. The molecule has 2 atom stereocenters. The Hall–Kier alpha value is -3.02. The smallest absolute Gasteiger partial charge is 0.162 e. The van der Waals surface area contributed by atoms with Crippen molar-refractivity contribution >= 4 is 5.78 Å².